The van der Waals surface area contributed by atoms with E-state index in [0.29, 0.717) is 50.9 Å². The minimum absolute atomic E-state index is 0.0501. The van der Waals surface area contributed by atoms with Gasteiger partial charge in [0.15, 0.2) is 0 Å². The van der Waals surface area contributed by atoms with Crippen molar-refractivity contribution in [2.45, 2.75) is 81.8 Å². The maximum atomic E-state index is 14.5. The lowest BCUT2D eigenvalue weighted by molar-refractivity contribution is -0.162. The highest BCUT2D eigenvalue weighted by Crippen LogP contribution is 2.56. The third-order valence-corrected chi connectivity index (χ3v) is 9.49. The lowest BCUT2D eigenvalue weighted by Crippen LogP contribution is -2.56. The number of carbonyl (C=O) groups is 4. The summed E-state index contributed by atoms with van der Waals surface area (Å²) in [7, 11) is 1.52. The third-order valence-electron chi connectivity index (χ3n) is 9.49. The first-order chi connectivity index (χ1) is 22.4. The Bertz CT molecular complexity index is 1300. The molecule has 250 valence electrons. The van der Waals surface area contributed by atoms with E-state index in [1.807, 2.05) is 48.6 Å². The van der Waals surface area contributed by atoms with Gasteiger partial charge in [0, 0.05) is 39.8 Å². The molecule has 3 amide bonds. The monoisotopic (exact) mass is 637 g/mol. The van der Waals surface area contributed by atoms with Gasteiger partial charge in [0.25, 0.3) is 0 Å². The van der Waals surface area contributed by atoms with Crippen molar-refractivity contribution < 1.29 is 38.5 Å². The van der Waals surface area contributed by atoms with Crippen LogP contribution < -0.4 is 5.32 Å². The summed E-state index contributed by atoms with van der Waals surface area (Å²) >= 11 is 0. The molecular formula is C35H47N3O8. The zero-order chi connectivity index (χ0) is 32.7. The molecule has 0 aromatic heterocycles. The predicted octanol–water partition coefficient (Wildman–Crippen LogP) is 2.69. The van der Waals surface area contributed by atoms with E-state index in [9.17, 15) is 24.3 Å². The van der Waals surface area contributed by atoms with Crippen LogP contribution in [0.1, 0.15) is 63.5 Å². The number of unbranched alkanes of at least 4 members (excludes halogenated alkanes) is 3. The van der Waals surface area contributed by atoms with Gasteiger partial charge in [-0.05, 0) is 37.7 Å². The second-order valence-electron chi connectivity index (χ2n) is 12.6. The normalized spacial score (nSPS) is 32.1. The molecule has 2 saturated heterocycles. The Hall–Kier alpha value is -3.54. The van der Waals surface area contributed by atoms with Crippen LogP contribution in [0.2, 0.25) is 0 Å². The minimum Gasteiger partial charge on any atom is -0.455 e. The van der Waals surface area contributed by atoms with Gasteiger partial charge in [0.2, 0.25) is 17.7 Å². The number of allylic oxidation sites excluding steroid dienone is 1. The van der Waals surface area contributed by atoms with Gasteiger partial charge in [-0.2, -0.15) is 0 Å². The Labute approximate surface area is 270 Å². The topological polar surface area (TPSA) is 135 Å². The average molecular weight is 638 g/mol. The predicted molar refractivity (Wildman–Crippen MR) is 169 cm³/mol. The van der Waals surface area contributed by atoms with Crippen LogP contribution in [0.25, 0.3) is 0 Å². The van der Waals surface area contributed by atoms with Gasteiger partial charge in [-0.1, -0.05) is 68.0 Å². The molecule has 11 nitrogen and oxygen atoms in total. The molecule has 4 aliphatic heterocycles. The lowest BCUT2D eigenvalue weighted by Gasteiger charge is -2.36. The van der Waals surface area contributed by atoms with Crippen molar-refractivity contribution in [3.63, 3.8) is 0 Å². The number of nitrogens with zero attached hydrogens (tertiary/aromatic N) is 2. The molecule has 7 atom stereocenters. The van der Waals surface area contributed by atoms with E-state index in [1.165, 1.54) is 7.11 Å². The van der Waals surface area contributed by atoms with Crippen LogP contribution >= 0.6 is 0 Å². The zero-order valence-electron chi connectivity index (χ0n) is 26.8. The number of cyclic esters (lactones) is 1. The fourth-order valence-corrected chi connectivity index (χ4v) is 7.27. The van der Waals surface area contributed by atoms with E-state index in [1.54, 1.807) is 15.9 Å². The van der Waals surface area contributed by atoms with Gasteiger partial charge in [-0.15, -0.1) is 0 Å². The molecule has 1 aromatic carbocycles. The number of esters is 1. The van der Waals surface area contributed by atoms with Gasteiger partial charge < -0.3 is 34.4 Å². The van der Waals surface area contributed by atoms with Crippen molar-refractivity contribution in [3.05, 3.63) is 60.2 Å². The fourth-order valence-electron chi connectivity index (χ4n) is 7.27. The quantitative estimate of drug-likeness (QED) is 0.215. The summed E-state index contributed by atoms with van der Waals surface area (Å²) in [4.78, 5) is 59.5. The number of hydrogen-bond acceptors (Lipinski definition) is 8. The van der Waals surface area contributed by atoms with Gasteiger partial charge in [-0.3, -0.25) is 19.2 Å². The first kappa shape index (κ1) is 33.8. The van der Waals surface area contributed by atoms with Gasteiger partial charge in [0.1, 0.15) is 23.7 Å². The van der Waals surface area contributed by atoms with Crippen molar-refractivity contribution >= 4 is 23.7 Å². The average Bonchev–Trinajstić information content (AvgIpc) is 3.70. The summed E-state index contributed by atoms with van der Waals surface area (Å²) in [5.74, 6) is -3.28. The molecule has 2 N–H and O–H groups in total. The van der Waals surface area contributed by atoms with E-state index in [0.717, 1.165) is 12.8 Å². The standard InChI is InChI=1S/C35H47N3O8/c1-3-4-19-37-20-11-6-10-16-27(40)36-25(23-44-2)30(24-14-8-5-9-15-24)45-34(43)28-26-17-18-35(46-26)29(28)32(41)38(31(35)33(37)42)21-12-7-13-22-39/h5-6,8-9,11,14-15,17-18,25-26,28-31,39H,3-4,7,10,12-13,16,19-23H2,1-2H3,(H,36,40)/b11-6-/t25-,26+,28-,29-,30-,31+,35-/m0/s1. The maximum absolute atomic E-state index is 14.5. The molecule has 0 radical (unpaired) electrons. The molecule has 4 heterocycles. The highest BCUT2D eigenvalue weighted by atomic mass is 16.6. The highest BCUT2D eigenvalue weighted by molar-refractivity contribution is 5.99. The molecule has 0 unspecified atom stereocenters. The van der Waals surface area contributed by atoms with Crippen LogP contribution in [-0.4, -0.2) is 102 Å². The van der Waals surface area contributed by atoms with Crippen LogP contribution in [0.4, 0.5) is 0 Å². The Morgan fingerprint density at radius 1 is 1.02 bits per heavy atom. The Morgan fingerprint density at radius 2 is 1.83 bits per heavy atom. The number of aliphatic hydroxyl groups excluding tert-OH is 1. The number of hydrogen-bond donors (Lipinski definition) is 2. The Balaban J connectivity index is 1.56. The largest absolute Gasteiger partial charge is 0.455 e. The number of nitrogens with one attached hydrogen (secondary N) is 1. The third kappa shape index (κ3) is 6.77. The van der Waals surface area contributed by atoms with Gasteiger partial charge >= 0.3 is 5.97 Å². The smallest absolute Gasteiger partial charge is 0.313 e. The number of amides is 3. The van der Waals surface area contributed by atoms with Crippen molar-refractivity contribution in [2.75, 3.05) is 40.0 Å². The Morgan fingerprint density at radius 3 is 2.57 bits per heavy atom. The number of methoxy groups -OCH3 is 1. The Kier molecular flexibility index (Phi) is 11.3. The van der Waals surface area contributed by atoms with Crippen molar-refractivity contribution in [2.24, 2.45) is 11.8 Å². The van der Waals surface area contributed by atoms with Crippen LogP contribution in [0.15, 0.2) is 54.6 Å². The minimum atomic E-state index is -1.30. The number of likely N-dealkylation sites (tertiary alicyclic amines) is 1. The second-order valence-corrected chi connectivity index (χ2v) is 12.6. The zero-order valence-corrected chi connectivity index (χ0v) is 26.8. The van der Waals surface area contributed by atoms with Gasteiger partial charge in [-0.25, -0.2) is 0 Å². The van der Waals surface area contributed by atoms with Crippen molar-refractivity contribution in [1.29, 1.82) is 0 Å². The summed E-state index contributed by atoms with van der Waals surface area (Å²) in [6, 6.07) is 7.54. The highest BCUT2D eigenvalue weighted by Gasteiger charge is 2.73. The molecule has 1 aromatic rings. The second kappa shape index (κ2) is 15.4. The summed E-state index contributed by atoms with van der Waals surface area (Å²) in [6.07, 6.45) is 9.97. The molecule has 5 bridgehead atoms. The lowest BCUT2D eigenvalue weighted by atomic mass is 9.74. The number of carbonyl (C=O) groups excluding carboxylic acids is 4. The SMILES string of the molecule is CCCCN1C/C=C\CCC(=O)N[C@@H](COC)[C@H](c2ccccc2)OC(=O)[C@@H]2[C@H]3C(=O)N(CCCCCO)[C@H](C1=O)[C@]31C=C[C@H]2O1. The van der Waals surface area contributed by atoms with Crippen LogP contribution in [0, 0.1) is 11.8 Å². The first-order valence-electron chi connectivity index (χ1n) is 16.6. The van der Waals surface area contributed by atoms with E-state index in [-0.39, 0.29) is 37.4 Å². The molecule has 11 heteroatoms. The van der Waals surface area contributed by atoms with Crippen LogP contribution in [0.3, 0.4) is 0 Å². The molecule has 2 fully saturated rings. The molecule has 0 saturated carbocycles. The number of rotatable bonds is 11. The summed E-state index contributed by atoms with van der Waals surface area (Å²) in [5.41, 5.74) is -0.627. The van der Waals surface area contributed by atoms with Gasteiger partial charge in [0.05, 0.1) is 24.7 Å². The number of fused-ring (bicyclic) bond motifs is 2. The molecule has 46 heavy (non-hydrogen) atoms. The fraction of sp³-hybridized carbons (Fsp3) is 0.600. The number of ether oxygens (including phenoxy) is 3. The van der Waals surface area contributed by atoms with E-state index >= 15 is 0 Å². The van der Waals surface area contributed by atoms with E-state index in [2.05, 4.69) is 12.2 Å². The maximum Gasteiger partial charge on any atom is 0.313 e. The van der Waals surface area contributed by atoms with Crippen LogP contribution in [-0.2, 0) is 33.4 Å². The van der Waals surface area contributed by atoms with Crippen LogP contribution in [0.5, 0.6) is 0 Å². The molecule has 5 rings (SSSR count). The molecule has 0 aliphatic carbocycles. The number of aliphatic hydroxyl groups is 1. The molecular weight excluding hydrogens is 590 g/mol. The molecule has 1 spiro atoms. The molecule has 4 aliphatic rings. The van der Waals surface area contributed by atoms with Crippen molar-refractivity contribution in [1.82, 2.24) is 15.1 Å². The summed E-state index contributed by atoms with van der Waals surface area (Å²) < 4.78 is 18.2. The van der Waals surface area contributed by atoms with Crippen molar-refractivity contribution in [3.8, 4) is 0 Å². The van der Waals surface area contributed by atoms with E-state index < -0.39 is 47.7 Å². The van der Waals surface area contributed by atoms with E-state index in [4.69, 9.17) is 14.2 Å². The number of benzene rings is 1. The first-order valence-corrected chi connectivity index (χ1v) is 16.6. The summed E-state index contributed by atoms with van der Waals surface area (Å²) in [6.45, 7) is 3.33. The summed E-state index contributed by atoms with van der Waals surface area (Å²) in [5, 5.41) is 12.3.